The van der Waals surface area contributed by atoms with E-state index in [0.717, 1.165) is 12.8 Å². The molecule has 1 heterocycles. The molecule has 118 valence electrons. The van der Waals surface area contributed by atoms with Crippen LogP contribution < -0.4 is 0 Å². The summed E-state index contributed by atoms with van der Waals surface area (Å²) in [5.41, 5.74) is 1.28. The highest BCUT2D eigenvalue weighted by Crippen LogP contribution is 2.26. The molecule has 2 rings (SSSR count). The van der Waals surface area contributed by atoms with E-state index in [9.17, 15) is 13.5 Å². The Labute approximate surface area is 126 Å². The maximum atomic E-state index is 12.7. The number of hydrogen-bond acceptors (Lipinski definition) is 4. The average Bonchev–Trinajstić information content (AvgIpc) is 2.48. The predicted octanol–water partition coefficient (Wildman–Crippen LogP) is 1.68. The highest BCUT2D eigenvalue weighted by atomic mass is 32.2. The summed E-state index contributed by atoms with van der Waals surface area (Å²) in [7, 11) is -3.50. The van der Waals surface area contributed by atoms with Crippen molar-refractivity contribution in [2.24, 2.45) is 0 Å². The SMILES string of the molecule is CCOC1CCN(S(=O)(=O)c2cccc(CO)c2C)CC1. The first-order valence-corrected chi connectivity index (χ1v) is 8.75. The molecule has 0 bridgehead atoms. The fourth-order valence-corrected chi connectivity index (χ4v) is 4.46. The Morgan fingerprint density at radius 1 is 1.33 bits per heavy atom. The molecule has 6 heteroatoms. The summed E-state index contributed by atoms with van der Waals surface area (Å²) >= 11 is 0. The van der Waals surface area contributed by atoms with Gasteiger partial charge in [0.15, 0.2) is 0 Å². The lowest BCUT2D eigenvalue weighted by Gasteiger charge is -2.31. The minimum atomic E-state index is -3.50. The Hall–Kier alpha value is -0.950. The van der Waals surface area contributed by atoms with Crippen molar-refractivity contribution in [3.8, 4) is 0 Å². The highest BCUT2D eigenvalue weighted by molar-refractivity contribution is 7.89. The molecule has 5 nitrogen and oxygen atoms in total. The number of nitrogens with zero attached hydrogens (tertiary/aromatic N) is 1. The number of rotatable bonds is 5. The minimum absolute atomic E-state index is 0.151. The molecule has 0 spiro atoms. The van der Waals surface area contributed by atoms with Gasteiger partial charge in [-0.2, -0.15) is 4.31 Å². The van der Waals surface area contributed by atoms with Gasteiger partial charge in [-0.25, -0.2) is 8.42 Å². The monoisotopic (exact) mass is 313 g/mol. The van der Waals surface area contributed by atoms with Gasteiger partial charge in [0.25, 0.3) is 0 Å². The summed E-state index contributed by atoms with van der Waals surface area (Å²) in [5, 5.41) is 9.29. The summed E-state index contributed by atoms with van der Waals surface area (Å²) in [6.07, 6.45) is 1.61. The largest absolute Gasteiger partial charge is 0.392 e. The zero-order valence-electron chi connectivity index (χ0n) is 12.6. The van der Waals surface area contributed by atoms with Crippen molar-refractivity contribution in [1.29, 1.82) is 0 Å². The summed E-state index contributed by atoms with van der Waals surface area (Å²) in [6.45, 7) is 5.17. The van der Waals surface area contributed by atoms with Crippen molar-refractivity contribution in [2.75, 3.05) is 19.7 Å². The molecule has 0 saturated carbocycles. The van der Waals surface area contributed by atoms with Crippen LogP contribution in [0.5, 0.6) is 0 Å². The molecule has 0 radical (unpaired) electrons. The topological polar surface area (TPSA) is 66.8 Å². The maximum absolute atomic E-state index is 12.7. The fraction of sp³-hybridized carbons (Fsp3) is 0.600. The molecule has 0 amide bonds. The normalized spacial score (nSPS) is 18.0. The summed E-state index contributed by atoms with van der Waals surface area (Å²) in [4.78, 5) is 0.295. The number of aliphatic hydroxyl groups is 1. The van der Waals surface area contributed by atoms with Crippen LogP contribution in [0.1, 0.15) is 30.9 Å². The van der Waals surface area contributed by atoms with Gasteiger partial charge >= 0.3 is 0 Å². The molecule has 1 aliphatic rings. The molecule has 1 N–H and O–H groups in total. The third-order valence-corrected chi connectivity index (χ3v) is 6.03. The van der Waals surface area contributed by atoms with Crippen LogP contribution in [0.15, 0.2) is 23.1 Å². The highest BCUT2D eigenvalue weighted by Gasteiger charge is 2.30. The van der Waals surface area contributed by atoms with Crippen LogP contribution in [0.4, 0.5) is 0 Å². The van der Waals surface area contributed by atoms with Crippen LogP contribution in [0.25, 0.3) is 0 Å². The zero-order valence-corrected chi connectivity index (χ0v) is 13.4. The lowest BCUT2D eigenvalue weighted by Crippen LogP contribution is -2.41. The van der Waals surface area contributed by atoms with Crippen LogP contribution in [-0.2, 0) is 21.4 Å². The Balaban J connectivity index is 2.20. The van der Waals surface area contributed by atoms with Gasteiger partial charge in [0.2, 0.25) is 10.0 Å². The zero-order chi connectivity index (χ0) is 15.5. The Kier molecular flexibility index (Phi) is 5.37. The van der Waals surface area contributed by atoms with E-state index < -0.39 is 10.0 Å². The first-order valence-electron chi connectivity index (χ1n) is 7.31. The lowest BCUT2D eigenvalue weighted by atomic mass is 10.1. The molecule has 1 aromatic rings. The van der Waals surface area contributed by atoms with E-state index in [1.807, 2.05) is 6.92 Å². The second-order valence-corrected chi connectivity index (χ2v) is 7.16. The lowest BCUT2D eigenvalue weighted by molar-refractivity contribution is 0.0290. The van der Waals surface area contributed by atoms with Crippen molar-refractivity contribution < 1.29 is 18.3 Å². The molecule has 1 fully saturated rings. The van der Waals surface area contributed by atoms with Crippen LogP contribution in [0, 0.1) is 6.92 Å². The number of ether oxygens (including phenoxy) is 1. The van der Waals surface area contributed by atoms with Gasteiger partial charge in [0.1, 0.15) is 0 Å². The van der Waals surface area contributed by atoms with E-state index in [4.69, 9.17) is 4.74 Å². The average molecular weight is 313 g/mol. The first kappa shape index (κ1) is 16.4. The first-order chi connectivity index (χ1) is 10.0. The van der Waals surface area contributed by atoms with Crippen molar-refractivity contribution in [3.63, 3.8) is 0 Å². The molecule has 0 atom stereocenters. The second kappa shape index (κ2) is 6.87. The summed E-state index contributed by atoms with van der Waals surface area (Å²) in [6, 6.07) is 5.03. The van der Waals surface area contributed by atoms with E-state index in [2.05, 4.69) is 0 Å². The molecule has 1 aliphatic heterocycles. The van der Waals surface area contributed by atoms with E-state index in [1.165, 1.54) is 4.31 Å². The summed E-state index contributed by atoms with van der Waals surface area (Å²) in [5.74, 6) is 0. The third kappa shape index (κ3) is 3.45. The van der Waals surface area contributed by atoms with E-state index in [1.54, 1.807) is 25.1 Å². The minimum Gasteiger partial charge on any atom is -0.392 e. The standard InChI is InChI=1S/C15H23NO4S/c1-3-20-14-7-9-16(10-8-14)21(18,19)15-6-4-5-13(11-17)12(15)2/h4-6,14,17H,3,7-11H2,1-2H3. The van der Waals surface area contributed by atoms with Gasteiger partial charge in [-0.1, -0.05) is 12.1 Å². The van der Waals surface area contributed by atoms with E-state index in [0.29, 0.717) is 35.7 Å². The molecule has 0 aromatic heterocycles. The molecule has 1 aromatic carbocycles. The molecule has 21 heavy (non-hydrogen) atoms. The molecule has 0 aliphatic carbocycles. The van der Waals surface area contributed by atoms with Gasteiger partial charge in [-0.15, -0.1) is 0 Å². The number of sulfonamides is 1. The third-order valence-electron chi connectivity index (χ3n) is 3.99. The van der Waals surface area contributed by atoms with E-state index >= 15 is 0 Å². The van der Waals surface area contributed by atoms with Crippen LogP contribution in [0.2, 0.25) is 0 Å². The van der Waals surface area contributed by atoms with Crippen LogP contribution in [0.3, 0.4) is 0 Å². The van der Waals surface area contributed by atoms with Gasteiger partial charge in [0.05, 0.1) is 17.6 Å². The molecule has 1 saturated heterocycles. The quantitative estimate of drug-likeness (QED) is 0.898. The van der Waals surface area contributed by atoms with E-state index in [-0.39, 0.29) is 12.7 Å². The number of aliphatic hydroxyl groups excluding tert-OH is 1. The predicted molar refractivity (Wildman–Crippen MR) is 80.5 cm³/mol. The second-order valence-electron chi connectivity index (χ2n) is 5.26. The smallest absolute Gasteiger partial charge is 0.243 e. The van der Waals surface area contributed by atoms with Crippen molar-refractivity contribution in [2.45, 2.75) is 44.3 Å². The van der Waals surface area contributed by atoms with Gasteiger partial charge in [0, 0.05) is 19.7 Å². The number of piperidine rings is 1. The Bertz CT molecular complexity index is 577. The Morgan fingerprint density at radius 2 is 2.00 bits per heavy atom. The van der Waals surface area contributed by atoms with Gasteiger partial charge in [-0.3, -0.25) is 0 Å². The Morgan fingerprint density at radius 3 is 2.57 bits per heavy atom. The van der Waals surface area contributed by atoms with Crippen molar-refractivity contribution in [3.05, 3.63) is 29.3 Å². The molecular weight excluding hydrogens is 290 g/mol. The van der Waals surface area contributed by atoms with Gasteiger partial charge in [-0.05, 0) is 43.9 Å². The van der Waals surface area contributed by atoms with Crippen LogP contribution in [-0.4, -0.2) is 43.6 Å². The maximum Gasteiger partial charge on any atom is 0.243 e. The summed E-state index contributed by atoms with van der Waals surface area (Å²) < 4.78 is 32.6. The van der Waals surface area contributed by atoms with Gasteiger partial charge < -0.3 is 9.84 Å². The van der Waals surface area contributed by atoms with Crippen LogP contribution >= 0.6 is 0 Å². The molecule has 0 unspecified atom stereocenters. The molecular formula is C15H23NO4S. The fourth-order valence-electron chi connectivity index (χ4n) is 2.72. The van der Waals surface area contributed by atoms with Crippen molar-refractivity contribution >= 4 is 10.0 Å². The van der Waals surface area contributed by atoms with Crippen molar-refractivity contribution in [1.82, 2.24) is 4.31 Å². The number of benzene rings is 1. The number of hydrogen-bond donors (Lipinski definition) is 1.